The molecule has 0 fully saturated rings. The second-order valence-electron chi connectivity index (χ2n) is 5.04. The summed E-state index contributed by atoms with van der Waals surface area (Å²) in [5.41, 5.74) is 0.744. The molecule has 1 unspecified atom stereocenters. The molecule has 0 saturated heterocycles. The number of carbonyl (C=O) groups is 1. The van der Waals surface area contributed by atoms with Crippen LogP contribution in [0.3, 0.4) is 0 Å². The lowest BCUT2D eigenvalue weighted by Crippen LogP contribution is -2.41. The van der Waals surface area contributed by atoms with Gasteiger partial charge in [0.15, 0.2) is 0 Å². The summed E-state index contributed by atoms with van der Waals surface area (Å²) in [5, 5.41) is 35.3. The Morgan fingerprint density at radius 3 is 1.55 bits per heavy atom. The standard InChI is InChI=1S/C7H16O4.C7H12O2/c1-6(2-8)7(3-9,4-10)5-11;1-5(2)6(3)7(8)9-4/h6,8-11H,2-5H2,1H3;1-4H3. The van der Waals surface area contributed by atoms with Crippen LogP contribution in [-0.2, 0) is 9.53 Å². The topological polar surface area (TPSA) is 107 Å². The molecule has 6 nitrogen and oxygen atoms in total. The second-order valence-corrected chi connectivity index (χ2v) is 5.04. The summed E-state index contributed by atoms with van der Waals surface area (Å²) in [5.74, 6) is -0.544. The van der Waals surface area contributed by atoms with Crippen LogP contribution in [0.1, 0.15) is 27.7 Å². The second kappa shape index (κ2) is 10.8. The van der Waals surface area contributed by atoms with Gasteiger partial charge in [-0.2, -0.15) is 0 Å². The average molecular weight is 292 g/mol. The molecular formula is C14H28O6. The minimum Gasteiger partial charge on any atom is -0.466 e. The number of ether oxygens (including phenoxy) is 1. The fraction of sp³-hybridized carbons (Fsp3) is 0.786. The molecule has 120 valence electrons. The van der Waals surface area contributed by atoms with Gasteiger partial charge < -0.3 is 25.2 Å². The van der Waals surface area contributed by atoms with Gasteiger partial charge in [0.2, 0.25) is 0 Å². The summed E-state index contributed by atoms with van der Waals surface area (Å²) in [6.45, 7) is 6.08. The molecule has 4 N–H and O–H groups in total. The zero-order valence-corrected chi connectivity index (χ0v) is 13.0. The Kier molecular flexibility index (Phi) is 11.5. The van der Waals surface area contributed by atoms with Gasteiger partial charge >= 0.3 is 5.97 Å². The van der Waals surface area contributed by atoms with Gasteiger partial charge in [0.05, 0.1) is 26.9 Å². The van der Waals surface area contributed by atoms with Crippen molar-refractivity contribution in [2.45, 2.75) is 27.7 Å². The summed E-state index contributed by atoms with van der Waals surface area (Å²) in [4.78, 5) is 10.7. The fourth-order valence-corrected chi connectivity index (χ4v) is 1.17. The molecular weight excluding hydrogens is 264 g/mol. The Hall–Kier alpha value is -0.950. The number of methoxy groups -OCH3 is 1. The number of aliphatic hydroxyl groups is 4. The third-order valence-corrected chi connectivity index (χ3v) is 3.51. The molecule has 0 aromatic heterocycles. The van der Waals surface area contributed by atoms with Gasteiger partial charge in [-0.1, -0.05) is 12.5 Å². The third kappa shape index (κ3) is 6.47. The Morgan fingerprint density at radius 2 is 1.45 bits per heavy atom. The Bertz CT molecular complexity index is 295. The van der Waals surface area contributed by atoms with Crippen molar-refractivity contribution in [1.29, 1.82) is 0 Å². The van der Waals surface area contributed by atoms with Crippen LogP contribution in [0.25, 0.3) is 0 Å². The maximum Gasteiger partial charge on any atom is 0.333 e. The van der Waals surface area contributed by atoms with Crippen LogP contribution < -0.4 is 0 Å². The van der Waals surface area contributed by atoms with Crippen molar-refractivity contribution < 1.29 is 30.0 Å². The summed E-state index contributed by atoms with van der Waals surface area (Å²) < 4.78 is 4.48. The fourth-order valence-electron chi connectivity index (χ4n) is 1.17. The molecule has 0 aromatic carbocycles. The first-order valence-electron chi connectivity index (χ1n) is 6.42. The quantitative estimate of drug-likeness (QED) is 0.408. The van der Waals surface area contributed by atoms with Crippen molar-refractivity contribution in [3.8, 4) is 0 Å². The molecule has 0 saturated carbocycles. The van der Waals surface area contributed by atoms with Crippen LogP contribution in [0.4, 0.5) is 0 Å². The number of hydrogen-bond acceptors (Lipinski definition) is 6. The van der Waals surface area contributed by atoms with Gasteiger partial charge in [-0.25, -0.2) is 4.79 Å². The summed E-state index contributed by atoms with van der Waals surface area (Å²) >= 11 is 0. The van der Waals surface area contributed by atoms with E-state index in [4.69, 9.17) is 20.4 Å². The first-order chi connectivity index (χ1) is 9.25. The highest BCUT2D eigenvalue weighted by Crippen LogP contribution is 2.25. The van der Waals surface area contributed by atoms with Gasteiger partial charge in [0, 0.05) is 17.6 Å². The van der Waals surface area contributed by atoms with E-state index >= 15 is 0 Å². The zero-order chi connectivity index (χ0) is 16.3. The highest BCUT2D eigenvalue weighted by molar-refractivity contribution is 5.88. The minimum atomic E-state index is -0.950. The molecule has 0 amide bonds. The van der Waals surface area contributed by atoms with Crippen LogP contribution in [0, 0.1) is 11.3 Å². The number of hydrogen-bond donors (Lipinski definition) is 4. The molecule has 0 aromatic rings. The van der Waals surface area contributed by atoms with Crippen molar-refractivity contribution in [1.82, 2.24) is 0 Å². The largest absolute Gasteiger partial charge is 0.466 e. The normalized spacial score (nSPS) is 12.1. The van der Waals surface area contributed by atoms with Crippen molar-refractivity contribution in [2.24, 2.45) is 11.3 Å². The number of aliphatic hydroxyl groups excluding tert-OH is 4. The van der Waals surface area contributed by atoms with E-state index in [0.29, 0.717) is 5.57 Å². The number of esters is 1. The van der Waals surface area contributed by atoms with E-state index in [9.17, 15) is 4.79 Å². The summed E-state index contributed by atoms with van der Waals surface area (Å²) in [6, 6.07) is 0. The van der Waals surface area contributed by atoms with Crippen molar-refractivity contribution in [3.05, 3.63) is 11.1 Å². The molecule has 0 aliphatic heterocycles. The molecule has 0 aliphatic rings. The minimum absolute atomic E-state index is 0.151. The average Bonchev–Trinajstić information content (AvgIpc) is 2.48. The predicted octanol–water partition coefficient (Wildman–Crippen LogP) is 0.0938. The highest BCUT2D eigenvalue weighted by atomic mass is 16.5. The molecule has 1 atom stereocenters. The van der Waals surface area contributed by atoms with Crippen LogP contribution >= 0.6 is 0 Å². The van der Waals surface area contributed by atoms with E-state index in [1.54, 1.807) is 13.8 Å². The van der Waals surface area contributed by atoms with E-state index in [2.05, 4.69) is 4.74 Å². The lowest BCUT2D eigenvalue weighted by atomic mass is 9.79. The Balaban J connectivity index is 0. The molecule has 0 spiro atoms. The first kappa shape index (κ1) is 21.4. The van der Waals surface area contributed by atoms with Crippen LogP contribution in [0.15, 0.2) is 11.1 Å². The number of carbonyl (C=O) groups excluding carboxylic acids is 1. The molecule has 20 heavy (non-hydrogen) atoms. The van der Waals surface area contributed by atoms with Crippen LogP contribution in [0.2, 0.25) is 0 Å². The van der Waals surface area contributed by atoms with E-state index < -0.39 is 5.41 Å². The summed E-state index contributed by atoms with van der Waals surface area (Å²) in [6.07, 6.45) is 0. The lowest BCUT2D eigenvalue weighted by molar-refractivity contribution is -0.136. The lowest BCUT2D eigenvalue weighted by Gasteiger charge is -2.32. The first-order valence-corrected chi connectivity index (χ1v) is 6.42. The van der Waals surface area contributed by atoms with Gasteiger partial charge in [0.1, 0.15) is 0 Å². The smallest absolute Gasteiger partial charge is 0.333 e. The van der Waals surface area contributed by atoms with E-state index in [1.807, 2.05) is 13.8 Å². The SMILES string of the molecule is CC(CO)C(CO)(CO)CO.COC(=O)C(C)=C(C)C. The van der Waals surface area contributed by atoms with E-state index in [0.717, 1.165) is 5.57 Å². The molecule has 0 heterocycles. The van der Waals surface area contributed by atoms with Gasteiger partial charge in [-0.3, -0.25) is 0 Å². The molecule has 0 radical (unpaired) electrons. The predicted molar refractivity (Wildman–Crippen MR) is 76.0 cm³/mol. The Morgan fingerprint density at radius 1 is 1.05 bits per heavy atom. The van der Waals surface area contributed by atoms with Gasteiger partial charge in [-0.05, 0) is 26.7 Å². The molecule has 0 rings (SSSR count). The highest BCUT2D eigenvalue weighted by Gasteiger charge is 2.34. The maximum absolute atomic E-state index is 10.7. The Labute approximate surface area is 120 Å². The number of allylic oxidation sites excluding steroid dienone is 1. The van der Waals surface area contributed by atoms with Crippen LogP contribution in [-0.4, -0.2) is 59.9 Å². The zero-order valence-electron chi connectivity index (χ0n) is 13.0. The maximum atomic E-state index is 10.7. The van der Waals surface area contributed by atoms with Crippen molar-refractivity contribution in [2.75, 3.05) is 33.5 Å². The molecule has 0 aliphatic carbocycles. The molecule has 0 bridgehead atoms. The van der Waals surface area contributed by atoms with E-state index in [1.165, 1.54) is 7.11 Å². The molecule has 6 heteroatoms. The summed E-state index contributed by atoms with van der Waals surface area (Å²) in [7, 11) is 1.38. The monoisotopic (exact) mass is 292 g/mol. The van der Waals surface area contributed by atoms with Gasteiger partial charge in [-0.15, -0.1) is 0 Å². The van der Waals surface area contributed by atoms with E-state index in [-0.39, 0.29) is 38.3 Å². The van der Waals surface area contributed by atoms with Crippen LogP contribution in [0.5, 0.6) is 0 Å². The number of rotatable bonds is 6. The third-order valence-electron chi connectivity index (χ3n) is 3.51. The van der Waals surface area contributed by atoms with Gasteiger partial charge in [0.25, 0.3) is 0 Å². The van der Waals surface area contributed by atoms with Crippen molar-refractivity contribution in [3.63, 3.8) is 0 Å². The van der Waals surface area contributed by atoms with Crippen molar-refractivity contribution >= 4 is 5.97 Å².